The van der Waals surface area contributed by atoms with Gasteiger partial charge in [0.2, 0.25) is 0 Å². The number of hydrogen-bond donors (Lipinski definition) is 1. The Labute approximate surface area is 87.0 Å². The summed E-state index contributed by atoms with van der Waals surface area (Å²) in [7, 11) is 0. The molecule has 0 radical (unpaired) electrons. The van der Waals surface area contributed by atoms with Crippen molar-refractivity contribution in [3.05, 3.63) is 0 Å². The van der Waals surface area contributed by atoms with Gasteiger partial charge in [0.1, 0.15) is 0 Å². The molecular formula is C11H23NO2. The third kappa shape index (κ3) is 6.89. The first-order chi connectivity index (χ1) is 6.37. The molecule has 1 atom stereocenters. The van der Waals surface area contributed by atoms with Crippen LogP contribution in [0.4, 0.5) is 0 Å². The van der Waals surface area contributed by atoms with Crippen LogP contribution in [0.25, 0.3) is 0 Å². The van der Waals surface area contributed by atoms with E-state index in [-0.39, 0.29) is 17.4 Å². The second-order valence-electron chi connectivity index (χ2n) is 4.67. The highest BCUT2D eigenvalue weighted by molar-refractivity contribution is 5.69. The van der Waals surface area contributed by atoms with Crippen molar-refractivity contribution < 1.29 is 9.53 Å². The fraction of sp³-hybridized carbons (Fsp3) is 0.909. The minimum absolute atomic E-state index is 0.110. The summed E-state index contributed by atoms with van der Waals surface area (Å²) in [6.07, 6.45) is 2.32. The Bertz CT molecular complexity index is 176. The Balaban J connectivity index is 3.59. The molecule has 1 unspecified atom stereocenters. The van der Waals surface area contributed by atoms with Gasteiger partial charge in [-0.3, -0.25) is 4.79 Å². The molecule has 0 aliphatic heterocycles. The number of hydrogen-bond acceptors (Lipinski definition) is 3. The number of nitrogens with two attached hydrogens (primary N) is 1. The van der Waals surface area contributed by atoms with E-state index in [2.05, 4.69) is 20.8 Å². The monoisotopic (exact) mass is 201 g/mol. The largest absolute Gasteiger partial charge is 0.466 e. The Morgan fingerprint density at radius 1 is 1.50 bits per heavy atom. The van der Waals surface area contributed by atoms with Crippen molar-refractivity contribution in [3.63, 3.8) is 0 Å². The number of carbonyl (C=O) groups is 1. The van der Waals surface area contributed by atoms with Gasteiger partial charge in [0.15, 0.2) is 0 Å². The lowest BCUT2D eigenvalue weighted by molar-refractivity contribution is -0.144. The van der Waals surface area contributed by atoms with Gasteiger partial charge in [-0.2, -0.15) is 0 Å². The number of carbonyl (C=O) groups excluding carboxylic acids is 1. The molecule has 0 aromatic rings. The molecule has 0 spiro atoms. The highest BCUT2D eigenvalue weighted by Gasteiger charge is 2.15. The standard InChI is InChI=1S/C11H23NO2/c1-5-11(3,4)6-7-14-10(13)8-9(2)12/h9H,5-8,12H2,1-4H3. The summed E-state index contributed by atoms with van der Waals surface area (Å²) in [5.41, 5.74) is 5.73. The smallest absolute Gasteiger partial charge is 0.307 e. The van der Waals surface area contributed by atoms with Crippen LogP contribution in [-0.2, 0) is 9.53 Å². The first kappa shape index (κ1) is 13.4. The van der Waals surface area contributed by atoms with Crippen molar-refractivity contribution in [1.29, 1.82) is 0 Å². The van der Waals surface area contributed by atoms with Crippen LogP contribution in [0.1, 0.15) is 47.0 Å². The van der Waals surface area contributed by atoms with Crippen LogP contribution in [0.2, 0.25) is 0 Å². The van der Waals surface area contributed by atoms with E-state index in [1.54, 1.807) is 6.92 Å². The maximum Gasteiger partial charge on any atom is 0.307 e. The molecular weight excluding hydrogens is 178 g/mol. The predicted molar refractivity (Wildman–Crippen MR) is 57.9 cm³/mol. The van der Waals surface area contributed by atoms with Gasteiger partial charge in [-0.25, -0.2) is 0 Å². The molecule has 2 N–H and O–H groups in total. The molecule has 0 saturated heterocycles. The Hall–Kier alpha value is -0.570. The quantitative estimate of drug-likeness (QED) is 0.669. The first-order valence-electron chi connectivity index (χ1n) is 5.28. The number of rotatable bonds is 6. The van der Waals surface area contributed by atoms with Gasteiger partial charge >= 0.3 is 5.97 Å². The average Bonchev–Trinajstić information content (AvgIpc) is 2.02. The molecule has 0 aliphatic carbocycles. The predicted octanol–water partition coefficient (Wildman–Crippen LogP) is 2.09. The molecule has 0 aromatic heterocycles. The minimum Gasteiger partial charge on any atom is -0.466 e. The lowest BCUT2D eigenvalue weighted by Gasteiger charge is -2.21. The number of esters is 1. The van der Waals surface area contributed by atoms with Crippen molar-refractivity contribution in [3.8, 4) is 0 Å². The molecule has 0 heterocycles. The lowest BCUT2D eigenvalue weighted by Crippen LogP contribution is -2.22. The van der Waals surface area contributed by atoms with Gasteiger partial charge < -0.3 is 10.5 Å². The van der Waals surface area contributed by atoms with E-state index >= 15 is 0 Å². The zero-order valence-corrected chi connectivity index (χ0v) is 9.80. The molecule has 3 heteroatoms. The lowest BCUT2D eigenvalue weighted by atomic mass is 9.87. The van der Waals surface area contributed by atoms with Crippen molar-refractivity contribution in [2.45, 2.75) is 53.0 Å². The Morgan fingerprint density at radius 2 is 2.07 bits per heavy atom. The normalized spacial score (nSPS) is 13.8. The van der Waals surface area contributed by atoms with Crippen LogP contribution in [-0.4, -0.2) is 18.6 Å². The van der Waals surface area contributed by atoms with Crippen molar-refractivity contribution in [2.24, 2.45) is 11.1 Å². The zero-order chi connectivity index (χ0) is 11.2. The topological polar surface area (TPSA) is 52.3 Å². The fourth-order valence-electron chi connectivity index (χ4n) is 0.940. The maximum atomic E-state index is 11.1. The van der Waals surface area contributed by atoms with Gasteiger partial charge in [0.25, 0.3) is 0 Å². The summed E-state index contributed by atoms with van der Waals surface area (Å²) in [6, 6.07) is -0.110. The van der Waals surface area contributed by atoms with Crippen molar-refractivity contribution >= 4 is 5.97 Å². The van der Waals surface area contributed by atoms with Crippen LogP contribution in [0.15, 0.2) is 0 Å². The summed E-state index contributed by atoms with van der Waals surface area (Å²) in [5, 5.41) is 0. The molecule has 0 saturated carbocycles. The van der Waals surface area contributed by atoms with Gasteiger partial charge in [-0.05, 0) is 18.8 Å². The molecule has 0 aromatic carbocycles. The summed E-state index contributed by atoms with van der Waals surface area (Å²) < 4.78 is 5.07. The Kier molecular flexibility index (Phi) is 5.77. The van der Waals surface area contributed by atoms with E-state index < -0.39 is 0 Å². The van der Waals surface area contributed by atoms with E-state index in [0.717, 1.165) is 12.8 Å². The molecule has 84 valence electrons. The highest BCUT2D eigenvalue weighted by Crippen LogP contribution is 2.23. The van der Waals surface area contributed by atoms with E-state index in [4.69, 9.17) is 10.5 Å². The van der Waals surface area contributed by atoms with Gasteiger partial charge in [0.05, 0.1) is 13.0 Å². The van der Waals surface area contributed by atoms with E-state index in [1.807, 2.05) is 0 Å². The molecule has 3 nitrogen and oxygen atoms in total. The van der Waals surface area contributed by atoms with Crippen molar-refractivity contribution in [2.75, 3.05) is 6.61 Å². The summed E-state index contributed by atoms with van der Waals surface area (Å²) in [6.45, 7) is 8.80. The average molecular weight is 201 g/mol. The van der Waals surface area contributed by atoms with Crippen LogP contribution in [0.5, 0.6) is 0 Å². The summed E-state index contributed by atoms with van der Waals surface area (Å²) >= 11 is 0. The molecule has 0 amide bonds. The van der Waals surface area contributed by atoms with Gasteiger partial charge in [-0.1, -0.05) is 27.2 Å². The molecule has 0 bridgehead atoms. The van der Waals surface area contributed by atoms with Gasteiger partial charge in [0, 0.05) is 6.04 Å². The molecule has 0 aliphatic rings. The van der Waals surface area contributed by atoms with E-state index in [1.165, 1.54) is 0 Å². The minimum atomic E-state index is -0.188. The number of ether oxygens (including phenoxy) is 1. The maximum absolute atomic E-state index is 11.1. The van der Waals surface area contributed by atoms with Crippen LogP contribution >= 0.6 is 0 Å². The van der Waals surface area contributed by atoms with Crippen LogP contribution in [0, 0.1) is 5.41 Å². The molecule has 14 heavy (non-hydrogen) atoms. The third-order valence-electron chi connectivity index (χ3n) is 2.49. The van der Waals surface area contributed by atoms with E-state index in [9.17, 15) is 4.79 Å². The van der Waals surface area contributed by atoms with Crippen LogP contribution < -0.4 is 5.73 Å². The molecule has 0 rings (SSSR count). The Morgan fingerprint density at radius 3 is 2.50 bits per heavy atom. The zero-order valence-electron chi connectivity index (χ0n) is 9.80. The summed E-state index contributed by atoms with van der Waals surface area (Å²) in [5.74, 6) is -0.188. The van der Waals surface area contributed by atoms with Crippen LogP contribution in [0.3, 0.4) is 0 Å². The fourth-order valence-corrected chi connectivity index (χ4v) is 0.940. The highest BCUT2D eigenvalue weighted by atomic mass is 16.5. The van der Waals surface area contributed by atoms with Crippen molar-refractivity contribution in [1.82, 2.24) is 0 Å². The third-order valence-corrected chi connectivity index (χ3v) is 2.49. The SMILES string of the molecule is CCC(C)(C)CCOC(=O)CC(C)N. The second kappa shape index (κ2) is 6.02. The second-order valence-corrected chi connectivity index (χ2v) is 4.67. The first-order valence-corrected chi connectivity index (χ1v) is 5.28. The molecule has 0 fully saturated rings. The van der Waals surface area contributed by atoms with E-state index in [0.29, 0.717) is 13.0 Å². The summed E-state index contributed by atoms with van der Waals surface area (Å²) in [4.78, 5) is 11.1. The van der Waals surface area contributed by atoms with Gasteiger partial charge in [-0.15, -0.1) is 0 Å².